The van der Waals surface area contributed by atoms with Gasteiger partial charge in [0.1, 0.15) is 18.2 Å². The second-order valence-electron chi connectivity index (χ2n) is 6.56. The Balaban J connectivity index is 1.65. The van der Waals surface area contributed by atoms with Crippen molar-refractivity contribution in [2.45, 2.75) is 13.0 Å². The summed E-state index contributed by atoms with van der Waals surface area (Å²) in [5, 5.41) is 3.18. The third-order valence-corrected chi connectivity index (χ3v) is 4.75. The number of nitrogens with zero attached hydrogens (tertiary/aromatic N) is 1. The van der Waals surface area contributed by atoms with Crippen LogP contribution in [0.4, 0.5) is 4.39 Å². The molecule has 3 aromatic rings. The van der Waals surface area contributed by atoms with E-state index in [4.69, 9.17) is 21.7 Å². The number of methoxy groups -OCH3 is 1. The van der Waals surface area contributed by atoms with Gasteiger partial charge in [0.2, 0.25) is 0 Å². The molecule has 0 aliphatic heterocycles. The van der Waals surface area contributed by atoms with E-state index in [0.717, 1.165) is 0 Å². The molecule has 0 unspecified atom stereocenters. The van der Waals surface area contributed by atoms with Crippen LogP contribution < -0.4 is 15.6 Å². The minimum Gasteiger partial charge on any atom is -0.492 e. The maximum atomic E-state index is 13.1. The number of fused-ring (bicyclic) bond motifs is 1. The van der Waals surface area contributed by atoms with Crippen molar-refractivity contribution in [2.75, 3.05) is 26.9 Å². The number of carbonyl (C=O) groups is 1. The highest BCUT2D eigenvalue weighted by Crippen LogP contribution is 2.12. The van der Waals surface area contributed by atoms with Crippen molar-refractivity contribution >= 4 is 29.0 Å². The Kier molecular flexibility index (Phi) is 7.31. The van der Waals surface area contributed by atoms with Crippen LogP contribution in [-0.4, -0.2) is 42.3 Å². The first-order valence-electron chi connectivity index (χ1n) is 9.42. The molecule has 158 valence electrons. The highest BCUT2D eigenvalue weighted by Gasteiger charge is 2.10. The zero-order chi connectivity index (χ0) is 21.5. The smallest absolute Gasteiger partial charge is 0.262 e. The Labute approximate surface area is 177 Å². The molecule has 0 radical (unpaired) electrons. The van der Waals surface area contributed by atoms with Crippen molar-refractivity contribution in [3.63, 3.8) is 0 Å². The number of halogens is 1. The minimum absolute atomic E-state index is 0.192. The van der Waals surface area contributed by atoms with Crippen molar-refractivity contribution in [3.8, 4) is 5.75 Å². The minimum atomic E-state index is -0.386. The molecule has 9 heteroatoms. The number of H-pyrrole nitrogens is 1. The van der Waals surface area contributed by atoms with Crippen LogP contribution >= 0.6 is 12.2 Å². The predicted molar refractivity (Wildman–Crippen MR) is 114 cm³/mol. The Morgan fingerprint density at radius 2 is 2.07 bits per heavy atom. The average Bonchev–Trinajstić information content (AvgIpc) is 2.73. The lowest BCUT2D eigenvalue weighted by atomic mass is 10.1. The first-order chi connectivity index (χ1) is 14.5. The molecule has 1 aromatic heterocycles. The quantitative estimate of drug-likeness (QED) is 0.402. The van der Waals surface area contributed by atoms with Gasteiger partial charge in [-0.1, -0.05) is 6.07 Å². The number of hydrogen-bond donors (Lipinski definition) is 2. The second-order valence-corrected chi connectivity index (χ2v) is 6.94. The number of benzene rings is 2. The van der Waals surface area contributed by atoms with Gasteiger partial charge < -0.3 is 19.8 Å². The molecule has 0 bridgehead atoms. The lowest BCUT2D eigenvalue weighted by Gasteiger charge is -2.10. The van der Waals surface area contributed by atoms with Gasteiger partial charge in [-0.05, 0) is 49.0 Å². The van der Waals surface area contributed by atoms with Crippen molar-refractivity contribution in [2.24, 2.45) is 0 Å². The van der Waals surface area contributed by atoms with Gasteiger partial charge in [0, 0.05) is 31.9 Å². The largest absolute Gasteiger partial charge is 0.492 e. The second kappa shape index (κ2) is 10.1. The highest BCUT2D eigenvalue weighted by molar-refractivity contribution is 7.71. The molecule has 3 rings (SSSR count). The van der Waals surface area contributed by atoms with Gasteiger partial charge in [0.05, 0.1) is 17.4 Å². The van der Waals surface area contributed by atoms with Crippen molar-refractivity contribution in [1.29, 1.82) is 0 Å². The van der Waals surface area contributed by atoms with Gasteiger partial charge in [0.15, 0.2) is 4.77 Å². The number of hydrogen-bond acceptors (Lipinski definition) is 5. The Hall–Kier alpha value is -3.04. The van der Waals surface area contributed by atoms with Crippen molar-refractivity contribution in [1.82, 2.24) is 14.9 Å². The van der Waals surface area contributed by atoms with Gasteiger partial charge in [0.25, 0.3) is 11.5 Å². The van der Waals surface area contributed by atoms with E-state index in [1.165, 1.54) is 16.7 Å². The number of rotatable bonds is 9. The summed E-state index contributed by atoms with van der Waals surface area (Å²) < 4.78 is 25.3. The van der Waals surface area contributed by atoms with Crippen LogP contribution in [0.15, 0.2) is 47.3 Å². The monoisotopic (exact) mass is 431 g/mol. The molecule has 0 spiro atoms. The summed E-state index contributed by atoms with van der Waals surface area (Å²) in [5.74, 6) is -0.310. The van der Waals surface area contributed by atoms with Gasteiger partial charge in [-0.25, -0.2) is 4.39 Å². The number of aromatic amines is 1. The molecule has 1 heterocycles. The van der Waals surface area contributed by atoms with Gasteiger partial charge in [-0.3, -0.25) is 14.2 Å². The van der Waals surface area contributed by atoms with Crippen LogP contribution in [0.3, 0.4) is 0 Å². The summed E-state index contributed by atoms with van der Waals surface area (Å²) in [5.41, 5.74) is 0.674. The van der Waals surface area contributed by atoms with E-state index < -0.39 is 0 Å². The number of aromatic nitrogens is 2. The molecule has 1 amide bonds. The summed E-state index contributed by atoms with van der Waals surface area (Å²) in [6.45, 7) is 1.41. The molecule has 0 saturated carbocycles. The van der Waals surface area contributed by atoms with E-state index in [1.807, 2.05) is 0 Å². The summed E-state index contributed by atoms with van der Waals surface area (Å²) in [6, 6.07) is 10.6. The van der Waals surface area contributed by atoms with Crippen LogP contribution in [0.5, 0.6) is 5.75 Å². The topological polar surface area (TPSA) is 85.3 Å². The third-order valence-electron chi connectivity index (χ3n) is 4.43. The Morgan fingerprint density at radius 1 is 1.23 bits per heavy atom. The SMILES string of the molecule is COCCCn1c(=S)[nH]c2cc(C(=O)NCCOc3cccc(F)c3)ccc2c1=O. The lowest BCUT2D eigenvalue weighted by molar-refractivity contribution is 0.0947. The van der Waals surface area contributed by atoms with Crippen molar-refractivity contribution < 1.29 is 18.7 Å². The molecule has 2 aromatic carbocycles. The van der Waals surface area contributed by atoms with Crippen LogP contribution in [0.25, 0.3) is 10.9 Å². The molecule has 2 N–H and O–H groups in total. The van der Waals surface area contributed by atoms with E-state index in [-0.39, 0.29) is 30.4 Å². The predicted octanol–water partition coefficient (Wildman–Crippen LogP) is 3.04. The Bertz CT molecular complexity index is 1160. The van der Waals surface area contributed by atoms with E-state index in [1.54, 1.807) is 37.4 Å². The average molecular weight is 431 g/mol. The standard InChI is InChI=1S/C21H22FN3O4S/c1-28-10-3-9-25-20(27)17-7-6-14(12-18(17)24-21(25)30)19(26)23-8-11-29-16-5-2-4-15(22)13-16/h2,4-7,12-13H,3,8-11H2,1H3,(H,23,26)(H,24,30). The summed E-state index contributed by atoms with van der Waals surface area (Å²) in [4.78, 5) is 28.1. The Morgan fingerprint density at radius 3 is 2.83 bits per heavy atom. The summed E-state index contributed by atoms with van der Waals surface area (Å²) >= 11 is 5.29. The van der Waals surface area contributed by atoms with Gasteiger partial charge >= 0.3 is 0 Å². The normalized spacial score (nSPS) is 10.9. The van der Waals surface area contributed by atoms with Crippen LogP contribution in [-0.2, 0) is 11.3 Å². The van der Waals surface area contributed by atoms with E-state index in [0.29, 0.717) is 46.6 Å². The van der Waals surface area contributed by atoms with Crippen molar-refractivity contribution in [3.05, 3.63) is 69.0 Å². The fourth-order valence-corrected chi connectivity index (χ4v) is 3.24. The zero-order valence-electron chi connectivity index (χ0n) is 16.4. The number of nitrogens with one attached hydrogen (secondary N) is 2. The first-order valence-corrected chi connectivity index (χ1v) is 9.83. The molecule has 0 aliphatic rings. The maximum absolute atomic E-state index is 13.1. The van der Waals surface area contributed by atoms with Crippen LogP contribution in [0, 0.1) is 10.6 Å². The third kappa shape index (κ3) is 5.31. The fraction of sp³-hybridized carbons (Fsp3) is 0.286. The zero-order valence-corrected chi connectivity index (χ0v) is 17.3. The van der Waals surface area contributed by atoms with Crippen LogP contribution in [0.1, 0.15) is 16.8 Å². The molecular weight excluding hydrogens is 409 g/mol. The molecule has 0 atom stereocenters. The fourth-order valence-electron chi connectivity index (χ4n) is 2.96. The van der Waals surface area contributed by atoms with Gasteiger partial charge in [-0.15, -0.1) is 0 Å². The highest BCUT2D eigenvalue weighted by atomic mass is 32.1. The maximum Gasteiger partial charge on any atom is 0.262 e. The molecule has 0 saturated heterocycles. The number of carbonyl (C=O) groups excluding carboxylic acids is 1. The summed E-state index contributed by atoms with van der Waals surface area (Å²) in [7, 11) is 1.60. The molecule has 30 heavy (non-hydrogen) atoms. The summed E-state index contributed by atoms with van der Waals surface area (Å²) in [6.07, 6.45) is 0.664. The van der Waals surface area contributed by atoms with E-state index in [9.17, 15) is 14.0 Å². The molecular formula is C21H22FN3O4S. The molecule has 0 aliphatic carbocycles. The van der Waals surface area contributed by atoms with Crippen LogP contribution in [0.2, 0.25) is 0 Å². The van der Waals surface area contributed by atoms with E-state index >= 15 is 0 Å². The van der Waals surface area contributed by atoms with E-state index in [2.05, 4.69) is 10.3 Å². The molecule has 7 nitrogen and oxygen atoms in total. The lowest BCUT2D eigenvalue weighted by Crippen LogP contribution is -2.28. The number of ether oxygens (including phenoxy) is 2. The molecule has 0 fully saturated rings. The number of amides is 1. The first kappa shape index (κ1) is 21.7. The van der Waals surface area contributed by atoms with Gasteiger partial charge in [-0.2, -0.15) is 0 Å².